The molecule has 2 N–H and O–H groups in total. The number of amidine groups is 1. The fourth-order valence-electron chi connectivity index (χ4n) is 1.60. The van der Waals surface area contributed by atoms with Crippen LogP contribution in [0.3, 0.4) is 0 Å². The molecule has 0 saturated carbocycles. The summed E-state index contributed by atoms with van der Waals surface area (Å²) < 4.78 is 38.3. The quantitative estimate of drug-likeness (QED) is 0.796. The number of halogens is 3. The predicted octanol–water partition coefficient (Wildman–Crippen LogP) is 3.41. The van der Waals surface area contributed by atoms with Gasteiger partial charge in [0.05, 0.1) is 5.57 Å². The number of alkyl halides is 3. The highest BCUT2D eigenvalue weighted by atomic mass is 19.4. The van der Waals surface area contributed by atoms with Gasteiger partial charge in [-0.2, -0.15) is 13.2 Å². The van der Waals surface area contributed by atoms with Crippen LogP contribution in [0.25, 0.3) is 0 Å². The van der Waals surface area contributed by atoms with Gasteiger partial charge in [0.1, 0.15) is 5.84 Å². The van der Waals surface area contributed by atoms with Gasteiger partial charge in [-0.15, -0.1) is 0 Å². The summed E-state index contributed by atoms with van der Waals surface area (Å²) in [5, 5.41) is 0. The molecule has 0 aromatic carbocycles. The molecule has 96 valence electrons. The highest BCUT2D eigenvalue weighted by Crippen LogP contribution is 2.31. The SMILES string of the molecule is CCC1C=C(C(C)C)N=C(N)C(C(F)(F)F)=C1. The van der Waals surface area contributed by atoms with Crippen molar-refractivity contribution < 1.29 is 13.2 Å². The molecule has 1 aliphatic rings. The summed E-state index contributed by atoms with van der Waals surface area (Å²) in [5.74, 6) is -0.647. The number of nitrogens with two attached hydrogens (primary N) is 1. The molecule has 0 bridgehead atoms. The Labute approximate surface area is 99.1 Å². The second-order valence-electron chi connectivity index (χ2n) is 4.39. The van der Waals surface area contributed by atoms with Crippen LogP contribution in [0.15, 0.2) is 28.4 Å². The molecule has 0 amide bonds. The lowest BCUT2D eigenvalue weighted by molar-refractivity contribution is -0.0865. The van der Waals surface area contributed by atoms with Gasteiger partial charge in [0.25, 0.3) is 0 Å². The first kappa shape index (κ1) is 13.8. The van der Waals surface area contributed by atoms with Gasteiger partial charge in [-0.1, -0.05) is 32.9 Å². The summed E-state index contributed by atoms with van der Waals surface area (Å²) in [6.45, 7) is 5.60. The molecule has 17 heavy (non-hydrogen) atoms. The number of allylic oxidation sites excluding steroid dienone is 3. The molecular formula is C12H17F3N2. The van der Waals surface area contributed by atoms with Gasteiger partial charge >= 0.3 is 6.18 Å². The summed E-state index contributed by atoms with van der Waals surface area (Å²) in [4.78, 5) is 3.89. The Hall–Kier alpha value is -1.26. The van der Waals surface area contributed by atoms with Crippen LogP contribution in [0, 0.1) is 11.8 Å². The minimum Gasteiger partial charge on any atom is -0.383 e. The van der Waals surface area contributed by atoms with Gasteiger partial charge in [0.15, 0.2) is 0 Å². The van der Waals surface area contributed by atoms with Gasteiger partial charge in [0, 0.05) is 5.70 Å². The highest BCUT2D eigenvalue weighted by Gasteiger charge is 2.37. The Morgan fingerprint density at radius 2 is 1.94 bits per heavy atom. The summed E-state index contributed by atoms with van der Waals surface area (Å²) >= 11 is 0. The van der Waals surface area contributed by atoms with E-state index in [1.807, 2.05) is 20.8 Å². The molecule has 1 unspecified atom stereocenters. The van der Waals surface area contributed by atoms with Crippen LogP contribution in [0.2, 0.25) is 0 Å². The number of hydrogen-bond donors (Lipinski definition) is 1. The molecule has 1 aliphatic heterocycles. The monoisotopic (exact) mass is 246 g/mol. The Morgan fingerprint density at radius 3 is 2.35 bits per heavy atom. The molecular weight excluding hydrogens is 229 g/mol. The second-order valence-corrected chi connectivity index (χ2v) is 4.39. The van der Waals surface area contributed by atoms with Crippen LogP contribution in [-0.2, 0) is 0 Å². The first-order chi connectivity index (χ1) is 7.75. The van der Waals surface area contributed by atoms with Gasteiger partial charge in [-0.25, -0.2) is 4.99 Å². The Kier molecular flexibility index (Phi) is 4.01. The van der Waals surface area contributed by atoms with Crippen molar-refractivity contribution in [3.8, 4) is 0 Å². The number of nitrogens with zero attached hydrogens (tertiary/aromatic N) is 1. The van der Waals surface area contributed by atoms with Crippen LogP contribution in [0.4, 0.5) is 13.2 Å². The zero-order valence-electron chi connectivity index (χ0n) is 10.2. The topological polar surface area (TPSA) is 38.4 Å². The van der Waals surface area contributed by atoms with Crippen molar-refractivity contribution in [3.05, 3.63) is 23.4 Å². The van der Waals surface area contributed by atoms with E-state index in [1.165, 1.54) is 0 Å². The average Bonchev–Trinajstić information content (AvgIpc) is 2.36. The lowest BCUT2D eigenvalue weighted by Crippen LogP contribution is -2.26. The molecule has 1 atom stereocenters. The van der Waals surface area contributed by atoms with E-state index in [1.54, 1.807) is 6.08 Å². The minimum atomic E-state index is -4.44. The Bertz CT molecular complexity index is 376. The molecule has 1 rings (SSSR count). The fourth-order valence-corrected chi connectivity index (χ4v) is 1.60. The predicted molar refractivity (Wildman–Crippen MR) is 62.5 cm³/mol. The minimum absolute atomic E-state index is 0.0589. The number of aliphatic imine (C=N–C) groups is 1. The Balaban J connectivity index is 3.21. The third-order valence-electron chi connectivity index (χ3n) is 2.66. The van der Waals surface area contributed by atoms with Crippen LogP contribution in [0.5, 0.6) is 0 Å². The van der Waals surface area contributed by atoms with E-state index in [9.17, 15) is 13.2 Å². The van der Waals surface area contributed by atoms with E-state index in [-0.39, 0.29) is 11.8 Å². The zero-order valence-corrected chi connectivity index (χ0v) is 10.2. The van der Waals surface area contributed by atoms with Crippen LogP contribution < -0.4 is 5.73 Å². The van der Waals surface area contributed by atoms with Gasteiger partial charge < -0.3 is 5.73 Å². The van der Waals surface area contributed by atoms with Crippen molar-refractivity contribution in [2.45, 2.75) is 33.4 Å². The summed E-state index contributed by atoms with van der Waals surface area (Å²) in [6, 6.07) is 0. The van der Waals surface area contributed by atoms with Crippen molar-refractivity contribution >= 4 is 5.84 Å². The molecule has 0 fully saturated rings. The molecule has 2 nitrogen and oxygen atoms in total. The number of hydrogen-bond acceptors (Lipinski definition) is 2. The zero-order chi connectivity index (χ0) is 13.2. The first-order valence-electron chi connectivity index (χ1n) is 5.61. The van der Waals surface area contributed by atoms with E-state index >= 15 is 0 Å². The molecule has 0 saturated heterocycles. The molecule has 0 aliphatic carbocycles. The van der Waals surface area contributed by atoms with Crippen molar-refractivity contribution in [1.29, 1.82) is 0 Å². The lowest BCUT2D eigenvalue weighted by Gasteiger charge is -2.11. The lowest BCUT2D eigenvalue weighted by atomic mass is 9.99. The van der Waals surface area contributed by atoms with Gasteiger partial charge in [-0.3, -0.25) is 0 Å². The maximum absolute atomic E-state index is 12.8. The standard InChI is InChI=1S/C12H17F3N2/c1-4-8-5-9(12(13,14)15)11(16)17-10(6-8)7(2)3/h5-8H,4H2,1-3H3,(H2,16,17). The average molecular weight is 246 g/mol. The first-order valence-corrected chi connectivity index (χ1v) is 5.61. The van der Waals surface area contributed by atoms with Crippen LogP contribution >= 0.6 is 0 Å². The van der Waals surface area contributed by atoms with Crippen molar-refractivity contribution in [3.63, 3.8) is 0 Å². The third kappa shape index (κ3) is 3.35. The van der Waals surface area contributed by atoms with Crippen LogP contribution in [-0.4, -0.2) is 12.0 Å². The second kappa shape index (κ2) is 4.94. The van der Waals surface area contributed by atoms with Crippen LogP contribution in [0.1, 0.15) is 27.2 Å². The fraction of sp³-hybridized carbons (Fsp3) is 0.583. The molecule has 0 aromatic heterocycles. The van der Waals surface area contributed by atoms with E-state index in [4.69, 9.17) is 5.73 Å². The largest absolute Gasteiger partial charge is 0.419 e. The van der Waals surface area contributed by atoms with E-state index in [0.29, 0.717) is 12.1 Å². The normalized spacial score (nSPS) is 21.8. The summed E-state index contributed by atoms with van der Waals surface area (Å²) in [7, 11) is 0. The van der Waals surface area contributed by atoms with Crippen molar-refractivity contribution in [2.24, 2.45) is 22.6 Å². The summed E-state index contributed by atoms with van der Waals surface area (Å²) in [6.07, 6.45) is -0.926. The molecule has 0 spiro atoms. The van der Waals surface area contributed by atoms with E-state index in [0.717, 1.165) is 6.08 Å². The van der Waals surface area contributed by atoms with E-state index in [2.05, 4.69) is 4.99 Å². The summed E-state index contributed by atoms with van der Waals surface area (Å²) in [5.41, 5.74) is 5.22. The van der Waals surface area contributed by atoms with E-state index < -0.39 is 17.6 Å². The molecule has 1 heterocycles. The molecule has 0 aromatic rings. The van der Waals surface area contributed by atoms with Gasteiger partial charge in [-0.05, 0) is 18.3 Å². The maximum atomic E-state index is 12.8. The number of rotatable bonds is 2. The maximum Gasteiger partial charge on any atom is 0.419 e. The van der Waals surface area contributed by atoms with Crippen molar-refractivity contribution in [1.82, 2.24) is 0 Å². The molecule has 0 radical (unpaired) electrons. The van der Waals surface area contributed by atoms with Crippen molar-refractivity contribution in [2.75, 3.05) is 0 Å². The highest BCUT2D eigenvalue weighted by molar-refractivity contribution is 5.99. The Morgan fingerprint density at radius 1 is 1.35 bits per heavy atom. The molecule has 5 heteroatoms. The third-order valence-corrected chi connectivity index (χ3v) is 2.66. The van der Waals surface area contributed by atoms with Gasteiger partial charge in [0.2, 0.25) is 0 Å². The smallest absolute Gasteiger partial charge is 0.383 e.